The van der Waals surface area contributed by atoms with E-state index >= 15 is 0 Å². The van der Waals surface area contributed by atoms with E-state index in [0.717, 1.165) is 6.42 Å². The van der Waals surface area contributed by atoms with Crippen molar-refractivity contribution in [3.8, 4) is 11.8 Å². The largest absolute Gasteiger partial charge is 0.387 e. The lowest BCUT2D eigenvalue weighted by atomic mass is 9.98. The van der Waals surface area contributed by atoms with Gasteiger partial charge in [-0.05, 0) is 38.0 Å². The predicted octanol–water partition coefficient (Wildman–Crippen LogP) is -2.45. The molecule has 2 fully saturated rings. The summed E-state index contributed by atoms with van der Waals surface area (Å²) in [5, 5.41) is 36.6. The van der Waals surface area contributed by atoms with E-state index in [-0.39, 0.29) is 29.2 Å². The van der Waals surface area contributed by atoms with Crippen molar-refractivity contribution in [2.75, 3.05) is 18.8 Å². The number of rotatable bonds is 3. The molecule has 2 amide bonds. The Labute approximate surface area is 188 Å². The zero-order chi connectivity index (χ0) is 23.8. The molecule has 2 aliphatic heterocycles. The Balaban J connectivity index is 1.68. The van der Waals surface area contributed by atoms with E-state index in [9.17, 15) is 24.9 Å². The Kier molecular flexibility index (Phi) is 6.17. The minimum absolute atomic E-state index is 0.0198. The van der Waals surface area contributed by atoms with E-state index in [2.05, 4.69) is 37.4 Å². The highest BCUT2D eigenvalue weighted by molar-refractivity contribution is 5.89. The molecule has 0 aliphatic carbocycles. The van der Waals surface area contributed by atoms with Crippen molar-refractivity contribution >= 4 is 28.8 Å². The normalized spacial score (nSPS) is 29.8. The lowest BCUT2D eigenvalue weighted by Gasteiger charge is -2.17. The molecule has 2 saturated heterocycles. The number of nitrogens with zero attached hydrogens (tertiary/aromatic N) is 4. The van der Waals surface area contributed by atoms with E-state index in [0.29, 0.717) is 19.5 Å². The number of hydrogen-bond donors (Lipinski definition) is 6. The van der Waals surface area contributed by atoms with Gasteiger partial charge in [-0.3, -0.25) is 14.2 Å². The van der Waals surface area contributed by atoms with Crippen LogP contribution in [0, 0.1) is 11.8 Å². The van der Waals surface area contributed by atoms with Crippen LogP contribution in [0.15, 0.2) is 6.33 Å². The fourth-order valence-electron chi connectivity index (χ4n) is 3.81. The molecule has 2 aromatic rings. The first-order valence-electron chi connectivity index (χ1n) is 10.6. The van der Waals surface area contributed by atoms with Crippen molar-refractivity contribution < 1.29 is 29.6 Å². The van der Waals surface area contributed by atoms with Crippen LogP contribution in [0.4, 0.5) is 5.82 Å². The second-order valence-corrected chi connectivity index (χ2v) is 7.90. The number of likely N-dealkylation sites (N-methyl/N-ethyl adjacent to an activating group) is 1. The number of nitrogens with two attached hydrogens (primary N) is 1. The number of hydrogen-bond acceptors (Lipinski definition) is 10. The van der Waals surface area contributed by atoms with Gasteiger partial charge in [-0.2, -0.15) is 0 Å². The van der Waals surface area contributed by atoms with Gasteiger partial charge in [-0.25, -0.2) is 15.0 Å². The number of anilines is 1. The molecule has 5 atom stereocenters. The molecule has 0 spiro atoms. The highest BCUT2D eigenvalue weighted by Gasteiger charge is 2.47. The number of aliphatic hydroxyl groups excluding tert-OH is 2. The molecule has 4 heterocycles. The molecular weight excluding hydrogens is 434 g/mol. The molecule has 0 saturated carbocycles. The first-order valence-corrected chi connectivity index (χ1v) is 10.6. The van der Waals surface area contributed by atoms with Crippen molar-refractivity contribution in [3.63, 3.8) is 0 Å². The van der Waals surface area contributed by atoms with Gasteiger partial charge in [0.1, 0.15) is 17.7 Å². The summed E-state index contributed by atoms with van der Waals surface area (Å²) in [5.41, 5.74) is 4.44. The first kappa shape index (κ1) is 22.9. The van der Waals surface area contributed by atoms with Crippen molar-refractivity contribution in [3.05, 3.63) is 12.2 Å². The van der Waals surface area contributed by atoms with Gasteiger partial charge in [0.05, 0.1) is 6.33 Å². The van der Waals surface area contributed by atoms with Gasteiger partial charge in [-0.15, -0.1) is 0 Å². The molecule has 7 N–H and O–H groups in total. The highest BCUT2D eigenvalue weighted by atomic mass is 16.6. The van der Waals surface area contributed by atoms with Crippen LogP contribution in [0.1, 0.15) is 38.2 Å². The summed E-state index contributed by atoms with van der Waals surface area (Å²) in [7, 11) is 0. The molecule has 2 unspecified atom stereocenters. The summed E-state index contributed by atoms with van der Waals surface area (Å²) < 4.78 is 6.93. The maximum atomic E-state index is 12.2. The summed E-state index contributed by atoms with van der Waals surface area (Å²) in [6, 6.07) is 0. The Morgan fingerprint density at radius 2 is 2.18 bits per heavy atom. The van der Waals surface area contributed by atoms with E-state index in [1.54, 1.807) is 6.92 Å². The third-order valence-corrected chi connectivity index (χ3v) is 5.58. The number of amides is 2. The van der Waals surface area contributed by atoms with Crippen LogP contribution in [0.5, 0.6) is 0 Å². The molecular formula is C20H25N7O6. The maximum absolute atomic E-state index is 12.2. The highest BCUT2D eigenvalue weighted by Crippen LogP contribution is 2.32. The number of imidazole rings is 1. The minimum Gasteiger partial charge on any atom is -0.387 e. The Hall–Kier alpha value is -3.31. The van der Waals surface area contributed by atoms with Gasteiger partial charge in [0.25, 0.3) is 11.8 Å². The number of nitrogens with one attached hydrogen (secondary N) is 2. The summed E-state index contributed by atoms with van der Waals surface area (Å²) >= 11 is 0. The molecule has 176 valence electrons. The molecule has 2 aliphatic rings. The average molecular weight is 459 g/mol. The fraction of sp³-hybridized carbons (Fsp3) is 0.550. The molecule has 0 aromatic carbocycles. The van der Waals surface area contributed by atoms with Gasteiger partial charge in [0.2, 0.25) is 11.4 Å². The molecule has 13 nitrogen and oxygen atoms in total. The smallest absolute Gasteiger partial charge is 0.264 e. The van der Waals surface area contributed by atoms with Crippen molar-refractivity contribution in [2.24, 2.45) is 0 Å². The fourth-order valence-corrected chi connectivity index (χ4v) is 3.81. The van der Waals surface area contributed by atoms with Crippen LogP contribution in [-0.2, 0) is 14.3 Å². The van der Waals surface area contributed by atoms with Crippen LogP contribution >= 0.6 is 0 Å². The number of aromatic nitrogens is 4. The van der Waals surface area contributed by atoms with Gasteiger partial charge in [0, 0.05) is 13.1 Å². The Bertz CT molecular complexity index is 1140. The van der Waals surface area contributed by atoms with Crippen LogP contribution in [0.3, 0.4) is 0 Å². The van der Waals surface area contributed by atoms with Crippen LogP contribution in [0.25, 0.3) is 11.2 Å². The molecule has 4 rings (SSSR count). The predicted molar refractivity (Wildman–Crippen MR) is 113 cm³/mol. The van der Waals surface area contributed by atoms with Gasteiger partial charge in [-0.1, -0.05) is 0 Å². The molecule has 0 bridgehead atoms. The Morgan fingerprint density at radius 1 is 1.39 bits per heavy atom. The number of fused-ring (bicyclic) bond motifs is 1. The quantitative estimate of drug-likeness (QED) is 0.268. The van der Waals surface area contributed by atoms with Crippen molar-refractivity contribution in [1.82, 2.24) is 30.2 Å². The number of carbonyl (C=O) groups is 2. The van der Waals surface area contributed by atoms with Crippen LogP contribution in [0.2, 0.25) is 0 Å². The monoisotopic (exact) mass is 459 g/mol. The topological polar surface area (TPSA) is 198 Å². The molecule has 2 aromatic heterocycles. The summed E-state index contributed by atoms with van der Waals surface area (Å²) in [6.07, 6.45) is -2.57. The van der Waals surface area contributed by atoms with Crippen molar-refractivity contribution in [1.29, 1.82) is 0 Å². The number of ether oxygens (including phenoxy) is 1. The third kappa shape index (κ3) is 4.21. The van der Waals surface area contributed by atoms with Gasteiger partial charge in [0.15, 0.2) is 23.8 Å². The zero-order valence-corrected chi connectivity index (χ0v) is 17.9. The number of carbonyl (C=O) groups excluding carboxylic acids is 2. The van der Waals surface area contributed by atoms with Crippen LogP contribution in [-0.4, -0.2) is 83.7 Å². The van der Waals surface area contributed by atoms with E-state index in [1.165, 1.54) is 10.9 Å². The van der Waals surface area contributed by atoms with E-state index in [4.69, 9.17) is 10.5 Å². The second kappa shape index (κ2) is 8.91. The second-order valence-electron chi connectivity index (χ2n) is 7.90. The number of nitrogen functional groups attached to an aromatic ring is 1. The van der Waals surface area contributed by atoms with Gasteiger partial charge >= 0.3 is 0 Å². The van der Waals surface area contributed by atoms with E-state index in [1.807, 2.05) is 0 Å². The SMILES string of the molecule is CCNC(=O)[C@H]1O[C@@H](n2cnc3c(N)nc(C#CC4(O)CCCCNC4=O)nc32)C(O)[C@H]1O. The maximum Gasteiger partial charge on any atom is 0.264 e. The van der Waals surface area contributed by atoms with E-state index < -0.39 is 42.0 Å². The Morgan fingerprint density at radius 3 is 2.94 bits per heavy atom. The summed E-state index contributed by atoms with van der Waals surface area (Å²) in [5.74, 6) is 3.89. The molecule has 0 radical (unpaired) electrons. The minimum atomic E-state index is -1.88. The zero-order valence-electron chi connectivity index (χ0n) is 17.9. The summed E-state index contributed by atoms with van der Waals surface area (Å²) in [4.78, 5) is 36.8. The van der Waals surface area contributed by atoms with Gasteiger partial charge < -0.3 is 36.4 Å². The molecule has 33 heavy (non-hydrogen) atoms. The average Bonchev–Trinajstić information content (AvgIpc) is 3.28. The lowest BCUT2D eigenvalue weighted by molar-refractivity contribution is -0.137. The summed E-state index contributed by atoms with van der Waals surface area (Å²) in [6.45, 7) is 2.51. The first-order chi connectivity index (χ1) is 15.7. The van der Waals surface area contributed by atoms with Crippen molar-refractivity contribution in [2.45, 2.75) is 56.3 Å². The number of aliphatic hydroxyl groups is 3. The van der Waals surface area contributed by atoms with Crippen LogP contribution < -0.4 is 16.4 Å². The molecule has 13 heteroatoms. The standard InChI is InChI=1S/C20H25N7O6/c1-2-22-17(30)14-12(28)13(29)18(33-14)27-9-24-11-15(21)25-10(26-16(11)27)5-7-20(32)6-3-4-8-23-19(20)31/h9,12-14,18,28-29,32H,2-4,6,8H2,1H3,(H,22,30)(H,23,31)(H2,21,25,26)/t12-,13?,14+,18-,20?/m1/s1. The lowest BCUT2D eigenvalue weighted by Crippen LogP contribution is -2.44. The third-order valence-electron chi connectivity index (χ3n) is 5.58.